The molecule has 0 aromatic heterocycles. The second-order valence-electron chi connectivity index (χ2n) is 4.87. The van der Waals surface area contributed by atoms with Gasteiger partial charge in [0.15, 0.2) is 0 Å². The van der Waals surface area contributed by atoms with E-state index in [0.29, 0.717) is 0 Å². The largest absolute Gasteiger partial charge is 1.00 e. The van der Waals surface area contributed by atoms with Crippen LogP contribution < -0.4 is 18.9 Å². The Morgan fingerprint density at radius 1 is 1.00 bits per heavy atom. The first-order chi connectivity index (χ1) is 10.1. The van der Waals surface area contributed by atoms with Gasteiger partial charge in [-0.1, -0.05) is 51.9 Å². The Balaban J connectivity index is 0. The normalized spacial score (nSPS) is 9.14. The van der Waals surface area contributed by atoms with Crippen LogP contribution in [0, 0.1) is 6.07 Å². The molecule has 2 N–H and O–H groups in total. The Morgan fingerprint density at radius 2 is 1.59 bits per heavy atom. The molecule has 1 aromatic rings. The molecule has 4 nitrogen and oxygen atoms in total. The first-order valence-electron chi connectivity index (χ1n) is 7.45. The van der Waals surface area contributed by atoms with Crippen molar-refractivity contribution in [2.45, 2.75) is 58.3 Å². The van der Waals surface area contributed by atoms with Crippen LogP contribution in [0.25, 0.3) is 0 Å². The molecule has 0 bridgehead atoms. The maximum atomic E-state index is 9.43. The molecule has 0 fully saturated rings. The Morgan fingerprint density at radius 3 is 2.05 bits per heavy atom. The summed E-state index contributed by atoms with van der Waals surface area (Å²) in [5.74, 6) is -2.62. The molecular weight excluding hydrogens is 275 g/mol. The summed E-state index contributed by atoms with van der Waals surface area (Å²) in [6.45, 7) is 2.26. The van der Waals surface area contributed by atoms with Crippen LogP contribution in [0.5, 0.6) is 0 Å². The van der Waals surface area contributed by atoms with E-state index in [1.807, 2.05) is 12.1 Å². The van der Waals surface area contributed by atoms with Crippen LogP contribution in [0.4, 0.5) is 0 Å². The second kappa shape index (κ2) is 16.1. The van der Waals surface area contributed by atoms with Crippen molar-refractivity contribution in [3.05, 3.63) is 35.9 Å². The van der Waals surface area contributed by atoms with Crippen molar-refractivity contribution in [1.29, 1.82) is 0 Å². The summed E-state index contributed by atoms with van der Waals surface area (Å²) in [5, 5.41) is 15.4. The predicted molar refractivity (Wildman–Crippen MR) is 82.2 cm³/mol. The molecule has 0 saturated heterocycles. The van der Waals surface area contributed by atoms with Gasteiger partial charge in [0, 0.05) is 0 Å². The summed E-state index contributed by atoms with van der Waals surface area (Å²) in [4.78, 5) is 18.9. The van der Waals surface area contributed by atoms with Crippen molar-refractivity contribution in [2.24, 2.45) is 0 Å². The van der Waals surface area contributed by atoms with Crippen LogP contribution in [0.15, 0.2) is 24.3 Å². The number of aryl methyl sites for hydroxylation is 1. The number of carbonyl (C=O) groups is 2. The van der Waals surface area contributed by atoms with Crippen LogP contribution in [-0.4, -0.2) is 22.2 Å². The molecule has 1 aromatic carbocycles. The van der Waals surface area contributed by atoms with E-state index in [-0.39, 0.29) is 18.9 Å². The predicted octanol–water partition coefficient (Wildman–Crippen LogP) is 0.939. The van der Waals surface area contributed by atoms with Crippen molar-refractivity contribution in [3.8, 4) is 0 Å². The standard InChI is InChI=1S/C14H21.C3H4O4.Li/c1-2-3-4-5-6-8-11-14-12-9-7-10-13-14;4-2(5)1-3(6)7;/h7,9-10,12H,2-6,8,11H2,1H3;1H2,(H,4,5)(H,6,7);/q-1;;+1. The molecule has 0 heterocycles. The van der Waals surface area contributed by atoms with Gasteiger partial charge >= 0.3 is 30.8 Å². The fourth-order valence-corrected chi connectivity index (χ4v) is 1.81. The number of rotatable bonds is 9. The zero-order valence-corrected chi connectivity index (χ0v) is 13.7. The molecule has 0 unspecified atom stereocenters. The number of hydrogen-bond acceptors (Lipinski definition) is 2. The molecular formula is C17H25LiO4. The van der Waals surface area contributed by atoms with Crippen molar-refractivity contribution >= 4 is 11.9 Å². The minimum absolute atomic E-state index is 0. The van der Waals surface area contributed by atoms with Crippen molar-refractivity contribution in [1.82, 2.24) is 0 Å². The number of carboxylic acids is 2. The Hall–Kier alpha value is -1.24. The van der Waals surface area contributed by atoms with E-state index in [1.165, 1.54) is 50.5 Å². The number of aliphatic carboxylic acids is 2. The second-order valence-corrected chi connectivity index (χ2v) is 4.87. The molecule has 0 saturated carbocycles. The smallest absolute Gasteiger partial charge is 0.481 e. The van der Waals surface area contributed by atoms with E-state index in [4.69, 9.17) is 10.2 Å². The molecule has 0 radical (unpaired) electrons. The number of hydrogen-bond donors (Lipinski definition) is 2. The molecule has 5 heteroatoms. The molecule has 0 amide bonds. The summed E-state index contributed by atoms with van der Waals surface area (Å²) in [5.41, 5.74) is 1.36. The number of unbranched alkanes of at least 4 members (excludes halogenated alkanes) is 5. The van der Waals surface area contributed by atoms with Gasteiger partial charge in [-0.25, -0.2) is 0 Å². The van der Waals surface area contributed by atoms with Crippen molar-refractivity contribution in [2.75, 3.05) is 0 Å². The van der Waals surface area contributed by atoms with Gasteiger partial charge in [-0.15, -0.1) is 0 Å². The number of carboxylic acid groups (broad SMARTS) is 2. The van der Waals surface area contributed by atoms with E-state index in [0.717, 1.165) is 0 Å². The summed E-state index contributed by atoms with van der Waals surface area (Å²) >= 11 is 0. The first-order valence-corrected chi connectivity index (χ1v) is 7.45. The summed E-state index contributed by atoms with van der Waals surface area (Å²) in [6.07, 6.45) is 8.65. The average Bonchev–Trinajstić information content (AvgIpc) is 2.43. The van der Waals surface area contributed by atoms with Crippen molar-refractivity contribution < 1.29 is 38.7 Å². The molecule has 0 atom stereocenters. The van der Waals surface area contributed by atoms with Crippen LogP contribution in [0.3, 0.4) is 0 Å². The summed E-state index contributed by atoms with van der Waals surface area (Å²) < 4.78 is 0. The zero-order chi connectivity index (χ0) is 15.9. The van der Waals surface area contributed by atoms with Crippen LogP contribution in [0.2, 0.25) is 0 Å². The average molecular weight is 300 g/mol. The van der Waals surface area contributed by atoms with Crippen molar-refractivity contribution in [3.63, 3.8) is 0 Å². The fourth-order valence-electron chi connectivity index (χ4n) is 1.81. The monoisotopic (exact) mass is 300 g/mol. The SMILES string of the molecule is CCCCCCCCc1[c-]cccc1.O=C(O)CC(=O)O.[Li+]. The number of benzene rings is 1. The summed E-state index contributed by atoms with van der Waals surface area (Å²) in [6, 6.07) is 11.6. The minimum Gasteiger partial charge on any atom is -0.481 e. The molecule has 1 rings (SSSR count). The maximum absolute atomic E-state index is 9.43. The van der Waals surface area contributed by atoms with E-state index >= 15 is 0 Å². The first kappa shape index (κ1) is 23.0. The topological polar surface area (TPSA) is 74.6 Å². The Labute approximate surface area is 145 Å². The van der Waals surface area contributed by atoms with Gasteiger partial charge in [0.25, 0.3) is 0 Å². The van der Waals surface area contributed by atoms with E-state index in [9.17, 15) is 9.59 Å². The molecule has 22 heavy (non-hydrogen) atoms. The van der Waals surface area contributed by atoms with Crippen LogP contribution in [-0.2, 0) is 16.0 Å². The van der Waals surface area contributed by atoms with Gasteiger partial charge in [-0.3, -0.25) is 9.59 Å². The van der Waals surface area contributed by atoms with Crippen LogP contribution in [0.1, 0.15) is 57.4 Å². The zero-order valence-electron chi connectivity index (χ0n) is 13.7. The van der Waals surface area contributed by atoms with Gasteiger partial charge in [-0.05, 0) is 0 Å². The van der Waals surface area contributed by atoms with Gasteiger partial charge in [0.1, 0.15) is 6.42 Å². The molecule has 118 valence electrons. The fraction of sp³-hybridized carbons (Fsp3) is 0.529. The van der Waals surface area contributed by atoms with E-state index in [1.54, 1.807) is 0 Å². The molecule has 0 aliphatic carbocycles. The maximum Gasteiger partial charge on any atom is 1.00 e. The van der Waals surface area contributed by atoms with Gasteiger partial charge in [-0.2, -0.15) is 35.9 Å². The van der Waals surface area contributed by atoms with E-state index < -0.39 is 18.4 Å². The third-order valence-corrected chi connectivity index (χ3v) is 2.88. The molecule has 0 aliphatic rings. The Bertz CT molecular complexity index is 381. The van der Waals surface area contributed by atoms with E-state index in [2.05, 4.69) is 25.1 Å². The van der Waals surface area contributed by atoms with Gasteiger partial charge < -0.3 is 10.2 Å². The minimum atomic E-state index is -1.31. The Kier molecular flexibility index (Phi) is 16.9. The molecule has 0 spiro atoms. The van der Waals surface area contributed by atoms with Gasteiger partial charge in [0.05, 0.1) is 0 Å². The third-order valence-electron chi connectivity index (χ3n) is 2.88. The molecule has 0 aliphatic heterocycles. The quantitative estimate of drug-likeness (QED) is 0.308. The van der Waals surface area contributed by atoms with Gasteiger partial charge in [0.2, 0.25) is 0 Å². The summed E-state index contributed by atoms with van der Waals surface area (Å²) in [7, 11) is 0. The third kappa shape index (κ3) is 16.8. The van der Waals surface area contributed by atoms with Crippen LogP contribution >= 0.6 is 0 Å².